The summed E-state index contributed by atoms with van der Waals surface area (Å²) in [6.07, 6.45) is 7.67. The summed E-state index contributed by atoms with van der Waals surface area (Å²) in [6, 6.07) is 13.3. The van der Waals surface area contributed by atoms with Gasteiger partial charge in [-0.05, 0) is 30.3 Å². The molecular formula is C22H21FN6O. The van der Waals surface area contributed by atoms with Crippen LogP contribution in [0.2, 0.25) is 0 Å². The van der Waals surface area contributed by atoms with Gasteiger partial charge < -0.3 is 10.1 Å². The van der Waals surface area contributed by atoms with Crippen LogP contribution in [0.1, 0.15) is 5.69 Å². The molecule has 3 aromatic heterocycles. The number of alkyl halides is 1. The van der Waals surface area contributed by atoms with Crippen LogP contribution in [-0.4, -0.2) is 45.0 Å². The summed E-state index contributed by atoms with van der Waals surface area (Å²) < 4.78 is 17.7. The summed E-state index contributed by atoms with van der Waals surface area (Å²) in [7, 11) is 0. The SMILES string of the molecule is FCCOc1cccc(-c2cc(-c3ccc(NCCc4cnccn4)nc3)n[nH]2)c1. The van der Waals surface area contributed by atoms with Crippen LogP contribution >= 0.6 is 0 Å². The van der Waals surface area contributed by atoms with Crippen molar-refractivity contribution in [1.82, 2.24) is 25.1 Å². The Morgan fingerprint density at radius 2 is 1.97 bits per heavy atom. The van der Waals surface area contributed by atoms with E-state index in [1.807, 2.05) is 36.4 Å². The highest BCUT2D eigenvalue weighted by Gasteiger charge is 2.08. The van der Waals surface area contributed by atoms with Gasteiger partial charge in [0, 0.05) is 48.9 Å². The first kappa shape index (κ1) is 19.5. The van der Waals surface area contributed by atoms with E-state index in [2.05, 4.69) is 30.5 Å². The third kappa shape index (κ3) is 4.96. The molecular weight excluding hydrogens is 383 g/mol. The third-order valence-corrected chi connectivity index (χ3v) is 4.43. The van der Waals surface area contributed by atoms with Crippen molar-refractivity contribution in [3.8, 4) is 28.3 Å². The van der Waals surface area contributed by atoms with Crippen molar-refractivity contribution in [1.29, 1.82) is 0 Å². The average molecular weight is 404 g/mol. The maximum Gasteiger partial charge on any atom is 0.125 e. The molecule has 0 saturated carbocycles. The fourth-order valence-corrected chi connectivity index (χ4v) is 2.95. The molecule has 0 radical (unpaired) electrons. The van der Waals surface area contributed by atoms with Crippen molar-refractivity contribution in [3.63, 3.8) is 0 Å². The van der Waals surface area contributed by atoms with E-state index in [1.165, 1.54) is 0 Å². The Morgan fingerprint density at radius 3 is 2.77 bits per heavy atom. The summed E-state index contributed by atoms with van der Waals surface area (Å²) in [6.45, 7) is 0.248. The zero-order valence-electron chi connectivity index (χ0n) is 16.3. The molecule has 0 aliphatic rings. The fraction of sp³-hybridized carbons (Fsp3) is 0.182. The molecule has 0 aliphatic heterocycles. The van der Waals surface area contributed by atoms with Crippen LogP contribution in [0.3, 0.4) is 0 Å². The van der Waals surface area contributed by atoms with E-state index in [-0.39, 0.29) is 6.61 Å². The van der Waals surface area contributed by atoms with Crippen LogP contribution in [0.5, 0.6) is 5.75 Å². The predicted molar refractivity (Wildman–Crippen MR) is 113 cm³/mol. The van der Waals surface area contributed by atoms with Crippen molar-refractivity contribution >= 4 is 5.82 Å². The van der Waals surface area contributed by atoms with Gasteiger partial charge in [0.25, 0.3) is 0 Å². The molecule has 0 saturated heterocycles. The normalized spacial score (nSPS) is 10.7. The van der Waals surface area contributed by atoms with Gasteiger partial charge in [-0.15, -0.1) is 0 Å². The molecule has 3 heterocycles. The number of nitrogens with zero attached hydrogens (tertiary/aromatic N) is 4. The van der Waals surface area contributed by atoms with Crippen LogP contribution in [-0.2, 0) is 6.42 Å². The Kier molecular flexibility index (Phi) is 6.24. The van der Waals surface area contributed by atoms with Gasteiger partial charge in [0.1, 0.15) is 24.8 Å². The number of hydrogen-bond donors (Lipinski definition) is 2. The molecule has 30 heavy (non-hydrogen) atoms. The van der Waals surface area contributed by atoms with Gasteiger partial charge >= 0.3 is 0 Å². The van der Waals surface area contributed by atoms with Gasteiger partial charge in [-0.1, -0.05) is 12.1 Å². The van der Waals surface area contributed by atoms with Crippen molar-refractivity contribution < 1.29 is 9.13 Å². The highest BCUT2D eigenvalue weighted by Crippen LogP contribution is 2.26. The Hall–Kier alpha value is -3.81. The zero-order valence-corrected chi connectivity index (χ0v) is 16.3. The lowest BCUT2D eigenvalue weighted by Crippen LogP contribution is -2.07. The van der Waals surface area contributed by atoms with Crippen LogP contribution < -0.4 is 10.1 Å². The van der Waals surface area contributed by atoms with Crippen LogP contribution in [0.15, 0.2) is 67.3 Å². The minimum absolute atomic E-state index is 0.0441. The van der Waals surface area contributed by atoms with Crippen molar-refractivity contribution in [2.75, 3.05) is 25.1 Å². The molecule has 8 heteroatoms. The molecule has 2 N–H and O–H groups in total. The molecule has 4 aromatic rings. The quantitative estimate of drug-likeness (QED) is 0.439. The van der Waals surface area contributed by atoms with Crippen LogP contribution in [0.25, 0.3) is 22.5 Å². The smallest absolute Gasteiger partial charge is 0.125 e. The van der Waals surface area contributed by atoms with Gasteiger partial charge in [0.2, 0.25) is 0 Å². The number of ether oxygens (including phenoxy) is 1. The number of nitrogens with one attached hydrogen (secondary N) is 2. The van der Waals surface area contributed by atoms with E-state index in [1.54, 1.807) is 30.9 Å². The maximum absolute atomic E-state index is 12.3. The molecule has 0 unspecified atom stereocenters. The number of benzene rings is 1. The highest BCUT2D eigenvalue weighted by molar-refractivity contribution is 5.69. The van der Waals surface area contributed by atoms with Gasteiger partial charge in [0.15, 0.2) is 0 Å². The molecule has 0 fully saturated rings. The molecule has 0 amide bonds. The minimum atomic E-state index is -0.517. The fourth-order valence-electron chi connectivity index (χ4n) is 2.95. The Labute approximate surface area is 173 Å². The van der Waals surface area contributed by atoms with Gasteiger partial charge in [-0.3, -0.25) is 15.1 Å². The van der Waals surface area contributed by atoms with Gasteiger partial charge in [0.05, 0.1) is 17.1 Å². The van der Waals surface area contributed by atoms with E-state index in [9.17, 15) is 4.39 Å². The number of rotatable bonds is 9. The molecule has 4 rings (SSSR count). The monoisotopic (exact) mass is 404 g/mol. The number of aromatic nitrogens is 5. The van der Waals surface area contributed by atoms with Crippen LogP contribution in [0.4, 0.5) is 10.2 Å². The van der Waals surface area contributed by atoms with Crippen molar-refractivity contribution in [3.05, 3.63) is 72.9 Å². The number of pyridine rings is 1. The van der Waals surface area contributed by atoms with E-state index in [0.29, 0.717) is 5.75 Å². The lowest BCUT2D eigenvalue weighted by Gasteiger charge is -2.05. The number of anilines is 1. The third-order valence-electron chi connectivity index (χ3n) is 4.43. The molecule has 0 aliphatic carbocycles. The second kappa shape index (κ2) is 9.60. The first-order valence-electron chi connectivity index (χ1n) is 9.61. The maximum atomic E-state index is 12.3. The Morgan fingerprint density at radius 1 is 1.00 bits per heavy atom. The summed E-state index contributed by atoms with van der Waals surface area (Å²) >= 11 is 0. The average Bonchev–Trinajstić information content (AvgIpc) is 3.29. The van der Waals surface area contributed by atoms with E-state index < -0.39 is 6.67 Å². The first-order chi connectivity index (χ1) is 14.8. The molecule has 152 valence electrons. The standard InChI is InChI=1S/C22H21FN6O/c23-7-11-30-19-3-1-2-16(12-19)20-13-21(29-28-20)17-4-5-22(27-14-17)26-8-6-18-15-24-9-10-25-18/h1-5,9-10,12-15H,6-8,11H2,(H,26,27)(H,28,29). The topological polar surface area (TPSA) is 88.6 Å². The summed E-state index contributed by atoms with van der Waals surface area (Å²) in [5.74, 6) is 1.41. The second-order valence-electron chi connectivity index (χ2n) is 6.54. The second-order valence-corrected chi connectivity index (χ2v) is 6.54. The predicted octanol–water partition coefficient (Wildman–Crippen LogP) is 3.93. The van der Waals surface area contributed by atoms with Crippen molar-refractivity contribution in [2.45, 2.75) is 6.42 Å². The van der Waals surface area contributed by atoms with Gasteiger partial charge in [-0.25, -0.2) is 9.37 Å². The zero-order chi connectivity index (χ0) is 20.6. The lowest BCUT2D eigenvalue weighted by molar-refractivity contribution is 0.273. The highest BCUT2D eigenvalue weighted by atomic mass is 19.1. The summed E-state index contributed by atoms with van der Waals surface area (Å²) in [5, 5.41) is 10.7. The van der Waals surface area contributed by atoms with Crippen LogP contribution in [0, 0.1) is 0 Å². The molecule has 0 spiro atoms. The van der Waals surface area contributed by atoms with E-state index in [0.717, 1.165) is 47.0 Å². The number of halogens is 1. The Balaban J connectivity index is 1.38. The lowest BCUT2D eigenvalue weighted by atomic mass is 10.1. The van der Waals surface area contributed by atoms with Crippen molar-refractivity contribution in [2.24, 2.45) is 0 Å². The minimum Gasteiger partial charge on any atom is -0.491 e. The molecule has 1 aromatic carbocycles. The van der Waals surface area contributed by atoms with E-state index >= 15 is 0 Å². The summed E-state index contributed by atoms with van der Waals surface area (Å²) in [4.78, 5) is 12.8. The van der Waals surface area contributed by atoms with Gasteiger partial charge in [-0.2, -0.15) is 5.10 Å². The Bertz CT molecular complexity index is 1070. The molecule has 0 atom stereocenters. The largest absolute Gasteiger partial charge is 0.491 e. The first-order valence-corrected chi connectivity index (χ1v) is 9.61. The number of aromatic amines is 1. The van der Waals surface area contributed by atoms with E-state index in [4.69, 9.17) is 4.74 Å². The molecule has 0 bridgehead atoms. The number of H-pyrrole nitrogens is 1. The summed E-state index contributed by atoms with van der Waals surface area (Å²) in [5.41, 5.74) is 4.40. The molecule has 7 nitrogen and oxygen atoms in total. The number of hydrogen-bond acceptors (Lipinski definition) is 6.